The third kappa shape index (κ3) is 3.10. The summed E-state index contributed by atoms with van der Waals surface area (Å²) in [7, 11) is 2.75. The lowest BCUT2D eigenvalue weighted by Crippen LogP contribution is -2.16. The maximum Gasteiger partial charge on any atom is 0.416 e. The molecule has 2 N–H and O–H groups in total. The number of rotatable bonds is 4. The molecule has 0 fully saturated rings. The Labute approximate surface area is 97.3 Å². The first-order chi connectivity index (χ1) is 7.93. The second-order valence-electron chi connectivity index (χ2n) is 3.41. The molecule has 0 aliphatic heterocycles. The van der Waals surface area contributed by atoms with Gasteiger partial charge in [0.25, 0.3) is 0 Å². The topological polar surface area (TPSA) is 44.5 Å². The second-order valence-corrected chi connectivity index (χ2v) is 3.41. The molecule has 1 unspecified atom stereocenters. The number of ether oxygens (including phenoxy) is 2. The maximum atomic E-state index is 12.5. The minimum atomic E-state index is -4.39. The Morgan fingerprint density at radius 2 is 1.94 bits per heavy atom. The summed E-state index contributed by atoms with van der Waals surface area (Å²) in [5.41, 5.74) is 5.21. The van der Waals surface area contributed by atoms with Gasteiger partial charge in [0.05, 0.1) is 18.8 Å². The van der Waals surface area contributed by atoms with Gasteiger partial charge in [0, 0.05) is 19.2 Å². The quantitative estimate of drug-likeness (QED) is 0.890. The van der Waals surface area contributed by atoms with Crippen LogP contribution in [0.15, 0.2) is 18.2 Å². The molecule has 0 spiro atoms. The highest BCUT2D eigenvalue weighted by atomic mass is 19.4. The Morgan fingerprint density at radius 1 is 1.29 bits per heavy atom. The molecule has 0 aromatic heterocycles. The zero-order valence-electron chi connectivity index (χ0n) is 9.54. The molecule has 0 saturated carbocycles. The van der Waals surface area contributed by atoms with Gasteiger partial charge in [-0.25, -0.2) is 0 Å². The molecule has 0 radical (unpaired) electrons. The van der Waals surface area contributed by atoms with Gasteiger partial charge in [-0.2, -0.15) is 13.2 Å². The number of nitrogens with two attached hydrogens (primary N) is 1. The van der Waals surface area contributed by atoms with E-state index in [0.717, 1.165) is 12.1 Å². The molecule has 1 rings (SSSR count). The highest BCUT2D eigenvalue weighted by Gasteiger charge is 2.31. The van der Waals surface area contributed by atoms with Gasteiger partial charge in [-0.05, 0) is 12.1 Å². The van der Waals surface area contributed by atoms with Crippen molar-refractivity contribution in [3.05, 3.63) is 29.3 Å². The smallest absolute Gasteiger partial charge is 0.416 e. The first kappa shape index (κ1) is 13.8. The van der Waals surface area contributed by atoms with Crippen molar-refractivity contribution in [2.45, 2.75) is 12.3 Å². The van der Waals surface area contributed by atoms with Gasteiger partial charge in [0.15, 0.2) is 0 Å². The maximum absolute atomic E-state index is 12.5. The van der Waals surface area contributed by atoms with E-state index in [1.807, 2.05) is 0 Å². The van der Waals surface area contributed by atoms with Crippen molar-refractivity contribution in [2.75, 3.05) is 20.8 Å². The molecule has 3 nitrogen and oxygen atoms in total. The van der Waals surface area contributed by atoms with Gasteiger partial charge in [-0.3, -0.25) is 0 Å². The lowest BCUT2D eigenvalue weighted by Gasteiger charge is -2.18. The zero-order chi connectivity index (χ0) is 13.1. The summed E-state index contributed by atoms with van der Waals surface area (Å²) in [6.07, 6.45) is -4.87. The predicted octanol–water partition coefficient (Wildman–Crippen LogP) is 2.36. The van der Waals surface area contributed by atoms with Crippen LogP contribution in [-0.4, -0.2) is 20.8 Å². The van der Waals surface area contributed by atoms with E-state index < -0.39 is 17.8 Å². The first-order valence-electron chi connectivity index (χ1n) is 4.92. The third-order valence-electron chi connectivity index (χ3n) is 2.41. The van der Waals surface area contributed by atoms with E-state index in [1.54, 1.807) is 0 Å². The van der Waals surface area contributed by atoms with Crippen LogP contribution in [0.2, 0.25) is 0 Å². The molecule has 0 saturated heterocycles. The number of methoxy groups -OCH3 is 2. The summed E-state index contributed by atoms with van der Waals surface area (Å²) in [4.78, 5) is 0. The number of benzene rings is 1. The van der Waals surface area contributed by atoms with E-state index in [1.165, 1.54) is 20.3 Å². The standard InChI is InChI=1S/C11H14F3NO2/c1-16-9-5-7(11(12,13)14)3-4-8(9)10(6-15)17-2/h3-5,10H,6,15H2,1-2H3. The monoisotopic (exact) mass is 249 g/mol. The van der Waals surface area contributed by atoms with E-state index >= 15 is 0 Å². The largest absolute Gasteiger partial charge is 0.496 e. The van der Waals surface area contributed by atoms with Crippen molar-refractivity contribution in [3.8, 4) is 5.75 Å². The highest BCUT2D eigenvalue weighted by Crippen LogP contribution is 2.35. The summed E-state index contributed by atoms with van der Waals surface area (Å²) in [5.74, 6) is 0.122. The molecule has 0 aliphatic rings. The molecule has 6 heteroatoms. The molecule has 17 heavy (non-hydrogen) atoms. The number of halogens is 3. The third-order valence-corrected chi connectivity index (χ3v) is 2.41. The fraction of sp³-hybridized carbons (Fsp3) is 0.455. The Kier molecular flexibility index (Phi) is 4.36. The van der Waals surface area contributed by atoms with Gasteiger partial charge in [0.1, 0.15) is 5.75 Å². The summed E-state index contributed by atoms with van der Waals surface area (Å²) in [6.45, 7) is 0.165. The molecule has 0 aliphatic carbocycles. The van der Waals surface area contributed by atoms with Gasteiger partial charge in [0.2, 0.25) is 0 Å². The summed E-state index contributed by atoms with van der Waals surface area (Å²) in [5, 5.41) is 0. The lowest BCUT2D eigenvalue weighted by atomic mass is 10.0. The van der Waals surface area contributed by atoms with Crippen molar-refractivity contribution in [1.82, 2.24) is 0 Å². The van der Waals surface area contributed by atoms with Crippen LogP contribution in [0.1, 0.15) is 17.2 Å². The van der Waals surface area contributed by atoms with Gasteiger partial charge >= 0.3 is 6.18 Å². The predicted molar refractivity (Wildman–Crippen MR) is 56.8 cm³/mol. The molecule has 1 aromatic carbocycles. The van der Waals surface area contributed by atoms with Crippen LogP contribution >= 0.6 is 0 Å². The Hall–Kier alpha value is -1.27. The molecular weight excluding hydrogens is 235 g/mol. The van der Waals surface area contributed by atoms with E-state index in [0.29, 0.717) is 5.56 Å². The van der Waals surface area contributed by atoms with Crippen LogP contribution in [0, 0.1) is 0 Å². The summed E-state index contributed by atoms with van der Waals surface area (Å²) >= 11 is 0. The molecule has 0 heterocycles. The van der Waals surface area contributed by atoms with E-state index in [4.69, 9.17) is 15.2 Å². The van der Waals surface area contributed by atoms with Crippen molar-refractivity contribution >= 4 is 0 Å². The van der Waals surface area contributed by atoms with Crippen LogP contribution in [0.3, 0.4) is 0 Å². The van der Waals surface area contributed by atoms with Gasteiger partial charge in [-0.15, -0.1) is 0 Å². The van der Waals surface area contributed by atoms with Crippen LogP contribution < -0.4 is 10.5 Å². The first-order valence-corrected chi connectivity index (χ1v) is 4.92. The van der Waals surface area contributed by atoms with Crippen molar-refractivity contribution in [2.24, 2.45) is 5.73 Å². The zero-order valence-corrected chi connectivity index (χ0v) is 9.54. The molecule has 0 bridgehead atoms. The minimum Gasteiger partial charge on any atom is -0.496 e. The fourth-order valence-electron chi connectivity index (χ4n) is 1.50. The SMILES string of the molecule is COc1cc(C(F)(F)F)ccc1C(CN)OC. The number of hydrogen-bond donors (Lipinski definition) is 1. The number of hydrogen-bond acceptors (Lipinski definition) is 3. The number of alkyl halides is 3. The average molecular weight is 249 g/mol. The van der Waals surface area contributed by atoms with Crippen molar-refractivity contribution < 1.29 is 22.6 Å². The van der Waals surface area contributed by atoms with Crippen LogP contribution in [-0.2, 0) is 10.9 Å². The minimum absolute atomic E-state index is 0.122. The molecule has 1 aromatic rings. The van der Waals surface area contributed by atoms with E-state index in [9.17, 15) is 13.2 Å². The second kappa shape index (κ2) is 5.37. The van der Waals surface area contributed by atoms with Gasteiger partial charge in [-0.1, -0.05) is 6.07 Å². The fourth-order valence-corrected chi connectivity index (χ4v) is 1.50. The Balaban J connectivity index is 3.18. The molecule has 96 valence electrons. The lowest BCUT2D eigenvalue weighted by molar-refractivity contribution is -0.137. The van der Waals surface area contributed by atoms with E-state index in [-0.39, 0.29) is 12.3 Å². The molecular formula is C11H14F3NO2. The van der Waals surface area contributed by atoms with Crippen molar-refractivity contribution in [3.63, 3.8) is 0 Å². The van der Waals surface area contributed by atoms with Crippen LogP contribution in [0.5, 0.6) is 5.75 Å². The normalized spacial score (nSPS) is 13.5. The van der Waals surface area contributed by atoms with E-state index in [2.05, 4.69) is 0 Å². The Bertz CT molecular complexity index is 375. The Morgan fingerprint density at radius 3 is 2.35 bits per heavy atom. The van der Waals surface area contributed by atoms with Crippen LogP contribution in [0.25, 0.3) is 0 Å². The molecule has 1 atom stereocenters. The molecule has 0 amide bonds. The summed E-state index contributed by atoms with van der Waals surface area (Å²) in [6, 6.07) is 3.25. The summed E-state index contributed by atoms with van der Waals surface area (Å²) < 4.78 is 47.5. The van der Waals surface area contributed by atoms with Crippen molar-refractivity contribution in [1.29, 1.82) is 0 Å². The highest BCUT2D eigenvalue weighted by molar-refractivity contribution is 5.40. The van der Waals surface area contributed by atoms with Crippen LogP contribution in [0.4, 0.5) is 13.2 Å². The van der Waals surface area contributed by atoms with Gasteiger partial charge < -0.3 is 15.2 Å². The average Bonchev–Trinajstić information content (AvgIpc) is 2.29.